The Hall–Kier alpha value is -3.09. The number of carbonyl (C=O) groups excluding carboxylic acids is 2. The van der Waals surface area contributed by atoms with Gasteiger partial charge in [-0.05, 0) is 57.2 Å². The Labute approximate surface area is 164 Å². The molecule has 0 saturated heterocycles. The monoisotopic (exact) mass is 387 g/mol. The molecule has 0 saturated carbocycles. The molecular formula is C21H26FN3O3. The van der Waals surface area contributed by atoms with Crippen molar-refractivity contribution in [3.05, 3.63) is 53.8 Å². The molecule has 1 unspecified atom stereocenters. The molecule has 28 heavy (non-hydrogen) atoms. The molecule has 0 spiro atoms. The van der Waals surface area contributed by atoms with E-state index in [1.54, 1.807) is 30.0 Å². The van der Waals surface area contributed by atoms with Gasteiger partial charge in [-0.25, -0.2) is 4.39 Å². The lowest BCUT2D eigenvalue weighted by molar-refractivity contribution is -0.131. The number of hydrogen-bond donors (Lipinski definition) is 2. The third-order valence-electron chi connectivity index (χ3n) is 4.36. The van der Waals surface area contributed by atoms with Crippen molar-refractivity contribution in [3.8, 4) is 5.75 Å². The molecule has 0 aliphatic carbocycles. The summed E-state index contributed by atoms with van der Waals surface area (Å²) in [4.78, 5) is 26.6. The Kier molecular flexibility index (Phi) is 7.37. The second kappa shape index (κ2) is 9.73. The Morgan fingerprint density at radius 1 is 1.14 bits per heavy atom. The number of halogens is 1. The molecule has 0 aliphatic heterocycles. The summed E-state index contributed by atoms with van der Waals surface area (Å²) in [6, 6.07) is 10.1. The molecule has 2 amide bonds. The summed E-state index contributed by atoms with van der Waals surface area (Å²) in [6.45, 7) is 6.93. The van der Waals surface area contributed by atoms with Crippen LogP contribution in [0.2, 0.25) is 0 Å². The van der Waals surface area contributed by atoms with E-state index in [4.69, 9.17) is 4.74 Å². The zero-order chi connectivity index (χ0) is 20.7. The minimum absolute atomic E-state index is 0.00818. The molecule has 2 rings (SSSR count). The molecule has 2 N–H and O–H groups in total. The predicted molar refractivity (Wildman–Crippen MR) is 108 cm³/mol. The van der Waals surface area contributed by atoms with E-state index >= 15 is 0 Å². The number of rotatable bonds is 8. The van der Waals surface area contributed by atoms with Gasteiger partial charge in [0, 0.05) is 24.3 Å². The standard InChI is InChI=1S/C21H26FN3O3/c1-5-25(6-2)21(27)14(3)23-17-10-11-19(28-4)18(13-17)24-20(26)15-8-7-9-16(22)12-15/h7-14,23H,5-6H2,1-4H3,(H,24,26). The summed E-state index contributed by atoms with van der Waals surface area (Å²) in [7, 11) is 1.49. The highest BCUT2D eigenvalue weighted by atomic mass is 19.1. The van der Waals surface area contributed by atoms with E-state index in [0.717, 1.165) is 6.07 Å². The highest BCUT2D eigenvalue weighted by Crippen LogP contribution is 2.29. The van der Waals surface area contributed by atoms with Gasteiger partial charge in [-0.2, -0.15) is 0 Å². The fourth-order valence-electron chi connectivity index (χ4n) is 2.84. The van der Waals surface area contributed by atoms with Crippen LogP contribution in [-0.4, -0.2) is 43.0 Å². The van der Waals surface area contributed by atoms with Gasteiger partial charge in [0.2, 0.25) is 5.91 Å². The minimum Gasteiger partial charge on any atom is -0.495 e. The third-order valence-corrected chi connectivity index (χ3v) is 4.36. The predicted octanol–water partition coefficient (Wildman–Crippen LogP) is 3.76. The first-order valence-corrected chi connectivity index (χ1v) is 9.19. The molecule has 150 valence electrons. The van der Waals surface area contributed by atoms with E-state index in [1.165, 1.54) is 25.3 Å². The fourth-order valence-corrected chi connectivity index (χ4v) is 2.84. The molecule has 0 bridgehead atoms. The number of carbonyl (C=O) groups is 2. The summed E-state index contributed by atoms with van der Waals surface area (Å²) in [5.41, 5.74) is 1.28. The van der Waals surface area contributed by atoms with Gasteiger partial charge in [-0.1, -0.05) is 6.07 Å². The van der Waals surface area contributed by atoms with Crippen molar-refractivity contribution in [1.29, 1.82) is 0 Å². The number of likely N-dealkylation sites (N-methyl/N-ethyl adjacent to an activating group) is 1. The lowest BCUT2D eigenvalue weighted by Gasteiger charge is -2.24. The van der Waals surface area contributed by atoms with Gasteiger partial charge >= 0.3 is 0 Å². The number of hydrogen-bond acceptors (Lipinski definition) is 4. The molecule has 2 aromatic rings. The summed E-state index contributed by atoms with van der Waals surface area (Å²) in [5, 5.41) is 5.87. The highest BCUT2D eigenvalue weighted by molar-refractivity contribution is 6.05. The molecule has 0 aliphatic rings. The van der Waals surface area contributed by atoms with E-state index in [2.05, 4.69) is 10.6 Å². The van der Waals surface area contributed by atoms with Crippen molar-refractivity contribution in [2.45, 2.75) is 26.8 Å². The number of methoxy groups -OCH3 is 1. The second-order valence-electron chi connectivity index (χ2n) is 6.26. The maximum absolute atomic E-state index is 13.4. The Morgan fingerprint density at radius 2 is 1.86 bits per heavy atom. The Balaban J connectivity index is 2.19. The molecule has 0 fully saturated rings. The van der Waals surface area contributed by atoms with Crippen molar-refractivity contribution < 1.29 is 18.7 Å². The van der Waals surface area contributed by atoms with Crippen LogP contribution in [0.15, 0.2) is 42.5 Å². The number of ether oxygens (including phenoxy) is 1. The average molecular weight is 387 g/mol. The zero-order valence-electron chi connectivity index (χ0n) is 16.6. The number of anilines is 2. The number of nitrogens with zero attached hydrogens (tertiary/aromatic N) is 1. The Bertz CT molecular complexity index is 837. The van der Waals surface area contributed by atoms with Gasteiger partial charge in [0.25, 0.3) is 5.91 Å². The van der Waals surface area contributed by atoms with Crippen molar-refractivity contribution in [2.24, 2.45) is 0 Å². The lowest BCUT2D eigenvalue weighted by atomic mass is 10.2. The van der Waals surface area contributed by atoms with E-state index in [1.807, 2.05) is 13.8 Å². The minimum atomic E-state index is -0.487. The van der Waals surface area contributed by atoms with Crippen LogP contribution in [0.3, 0.4) is 0 Å². The van der Waals surface area contributed by atoms with Crippen molar-refractivity contribution >= 4 is 23.2 Å². The molecule has 0 heterocycles. The molecular weight excluding hydrogens is 361 g/mol. The summed E-state index contributed by atoms with van der Waals surface area (Å²) in [6.07, 6.45) is 0. The zero-order valence-corrected chi connectivity index (χ0v) is 16.6. The van der Waals surface area contributed by atoms with E-state index in [-0.39, 0.29) is 11.5 Å². The first kappa shape index (κ1) is 21.2. The van der Waals surface area contributed by atoms with Gasteiger partial charge in [0.15, 0.2) is 0 Å². The van der Waals surface area contributed by atoms with Crippen LogP contribution in [-0.2, 0) is 4.79 Å². The van der Waals surface area contributed by atoms with Crippen LogP contribution in [0, 0.1) is 5.82 Å². The van der Waals surface area contributed by atoms with Crippen LogP contribution >= 0.6 is 0 Å². The first-order chi connectivity index (χ1) is 13.4. The quantitative estimate of drug-likeness (QED) is 0.724. The van der Waals surface area contributed by atoms with Gasteiger partial charge in [0.1, 0.15) is 17.6 Å². The topological polar surface area (TPSA) is 70.7 Å². The fraction of sp³-hybridized carbons (Fsp3) is 0.333. The lowest BCUT2D eigenvalue weighted by Crippen LogP contribution is -2.41. The van der Waals surface area contributed by atoms with Crippen molar-refractivity contribution in [1.82, 2.24) is 4.90 Å². The molecule has 0 aromatic heterocycles. The molecule has 6 nitrogen and oxygen atoms in total. The number of benzene rings is 2. The smallest absolute Gasteiger partial charge is 0.255 e. The van der Waals surface area contributed by atoms with Gasteiger partial charge in [-0.3, -0.25) is 9.59 Å². The number of amides is 2. The maximum atomic E-state index is 13.4. The Morgan fingerprint density at radius 3 is 2.46 bits per heavy atom. The maximum Gasteiger partial charge on any atom is 0.255 e. The average Bonchev–Trinajstić information content (AvgIpc) is 2.69. The summed E-state index contributed by atoms with van der Waals surface area (Å²) < 4.78 is 18.7. The second-order valence-corrected chi connectivity index (χ2v) is 6.26. The molecule has 1 atom stereocenters. The van der Waals surface area contributed by atoms with Crippen LogP contribution in [0.25, 0.3) is 0 Å². The molecule has 7 heteroatoms. The van der Waals surface area contributed by atoms with Crippen molar-refractivity contribution in [3.63, 3.8) is 0 Å². The highest BCUT2D eigenvalue weighted by Gasteiger charge is 2.19. The summed E-state index contributed by atoms with van der Waals surface area (Å²) >= 11 is 0. The van der Waals surface area contributed by atoms with E-state index < -0.39 is 17.8 Å². The van der Waals surface area contributed by atoms with Crippen LogP contribution in [0.5, 0.6) is 5.75 Å². The van der Waals surface area contributed by atoms with E-state index in [9.17, 15) is 14.0 Å². The number of nitrogens with one attached hydrogen (secondary N) is 2. The molecule has 0 radical (unpaired) electrons. The summed E-state index contributed by atoms with van der Waals surface area (Å²) in [5.74, 6) is -0.495. The molecule has 2 aromatic carbocycles. The van der Waals surface area contributed by atoms with Crippen molar-refractivity contribution in [2.75, 3.05) is 30.8 Å². The van der Waals surface area contributed by atoms with Crippen LogP contribution < -0.4 is 15.4 Å². The van der Waals surface area contributed by atoms with Gasteiger partial charge in [-0.15, -0.1) is 0 Å². The normalized spacial score (nSPS) is 11.5. The van der Waals surface area contributed by atoms with Gasteiger partial charge in [0.05, 0.1) is 12.8 Å². The van der Waals surface area contributed by atoms with E-state index in [0.29, 0.717) is 30.2 Å². The van der Waals surface area contributed by atoms with Crippen LogP contribution in [0.4, 0.5) is 15.8 Å². The third kappa shape index (κ3) is 5.22. The first-order valence-electron chi connectivity index (χ1n) is 9.19. The van der Waals surface area contributed by atoms with Gasteiger partial charge < -0.3 is 20.3 Å². The SMILES string of the molecule is CCN(CC)C(=O)C(C)Nc1ccc(OC)c(NC(=O)c2cccc(F)c2)c1. The largest absolute Gasteiger partial charge is 0.495 e. The van der Waals surface area contributed by atoms with Crippen LogP contribution in [0.1, 0.15) is 31.1 Å².